The predicted molar refractivity (Wildman–Crippen MR) is 76.6 cm³/mol. The zero-order chi connectivity index (χ0) is 13.1. The van der Waals surface area contributed by atoms with Gasteiger partial charge in [0.15, 0.2) is 0 Å². The summed E-state index contributed by atoms with van der Waals surface area (Å²) in [5.74, 6) is 0.865. The van der Waals surface area contributed by atoms with E-state index >= 15 is 0 Å². The maximum Gasteiger partial charge on any atom is 0.261 e. The van der Waals surface area contributed by atoms with E-state index in [1.807, 2.05) is 42.5 Å². The number of furan rings is 1. The number of thiophene rings is 1. The van der Waals surface area contributed by atoms with E-state index in [2.05, 4.69) is 5.32 Å². The summed E-state index contributed by atoms with van der Waals surface area (Å²) >= 11 is 1.52. The number of hydrogen-bond donors (Lipinski definition) is 1. The van der Waals surface area contributed by atoms with Crippen LogP contribution in [0.4, 0.5) is 0 Å². The van der Waals surface area contributed by atoms with Crippen molar-refractivity contribution in [2.45, 2.75) is 6.42 Å². The maximum atomic E-state index is 12.0. The van der Waals surface area contributed by atoms with Gasteiger partial charge in [-0.3, -0.25) is 4.79 Å². The molecule has 96 valence electrons. The Hall–Kier alpha value is -2.07. The minimum atomic E-state index is -0.0206. The highest BCUT2D eigenvalue weighted by molar-refractivity contribution is 7.20. The lowest BCUT2D eigenvalue weighted by molar-refractivity contribution is 0.0958. The van der Waals surface area contributed by atoms with Gasteiger partial charge < -0.3 is 9.73 Å². The molecule has 0 aliphatic carbocycles. The number of rotatable bonds is 4. The molecule has 3 aromatic rings. The van der Waals surface area contributed by atoms with Crippen molar-refractivity contribution >= 4 is 27.3 Å². The van der Waals surface area contributed by atoms with Gasteiger partial charge in [-0.15, -0.1) is 11.3 Å². The molecule has 0 aliphatic rings. The van der Waals surface area contributed by atoms with Gasteiger partial charge in [-0.2, -0.15) is 0 Å². The van der Waals surface area contributed by atoms with E-state index < -0.39 is 0 Å². The van der Waals surface area contributed by atoms with Crippen LogP contribution in [0, 0.1) is 0 Å². The first kappa shape index (κ1) is 12.0. The highest BCUT2D eigenvalue weighted by atomic mass is 32.1. The van der Waals surface area contributed by atoms with Gasteiger partial charge in [0.2, 0.25) is 0 Å². The summed E-state index contributed by atoms with van der Waals surface area (Å²) in [4.78, 5) is 12.8. The third-order valence-corrected chi connectivity index (χ3v) is 4.00. The lowest BCUT2D eigenvalue weighted by atomic mass is 10.2. The molecular formula is C15H13NO2S. The summed E-state index contributed by atoms with van der Waals surface area (Å²) in [6.07, 6.45) is 2.35. The highest BCUT2D eigenvalue weighted by Gasteiger charge is 2.09. The first-order valence-electron chi connectivity index (χ1n) is 6.12. The van der Waals surface area contributed by atoms with Crippen LogP contribution >= 0.6 is 11.3 Å². The van der Waals surface area contributed by atoms with Gasteiger partial charge in [0, 0.05) is 17.7 Å². The molecular weight excluding hydrogens is 258 g/mol. The predicted octanol–water partition coefficient (Wildman–Crippen LogP) is 3.47. The minimum absolute atomic E-state index is 0.0206. The molecule has 2 aromatic heterocycles. The summed E-state index contributed by atoms with van der Waals surface area (Å²) in [6.45, 7) is 0.584. The van der Waals surface area contributed by atoms with E-state index in [4.69, 9.17) is 4.42 Å². The topological polar surface area (TPSA) is 42.2 Å². The zero-order valence-corrected chi connectivity index (χ0v) is 11.1. The molecule has 4 heteroatoms. The smallest absolute Gasteiger partial charge is 0.261 e. The molecule has 0 radical (unpaired) electrons. The van der Waals surface area contributed by atoms with E-state index in [9.17, 15) is 4.79 Å². The first-order valence-corrected chi connectivity index (χ1v) is 6.94. The fourth-order valence-corrected chi connectivity index (χ4v) is 2.91. The van der Waals surface area contributed by atoms with Crippen LogP contribution in [0.3, 0.4) is 0 Å². The Balaban J connectivity index is 1.63. The maximum absolute atomic E-state index is 12.0. The second-order valence-electron chi connectivity index (χ2n) is 4.23. The van der Waals surface area contributed by atoms with Crippen molar-refractivity contribution in [2.24, 2.45) is 0 Å². The molecule has 0 bridgehead atoms. The normalized spacial score (nSPS) is 10.7. The lowest BCUT2D eigenvalue weighted by Crippen LogP contribution is -2.24. The number of hydrogen-bond acceptors (Lipinski definition) is 3. The molecule has 1 N–H and O–H groups in total. The average molecular weight is 271 g/mol. The molecule has 19 heavy (non-hydrogen) atoms. The summed E-state index contributed by atoms with van der Waals surface area (Å²) in [6, 6.07) is 13.7. The number of nitrogens with one attached hydrogen (secondary N) is 1. The number of carbonyl (C=O) groups excluding carboxylic acids is 1. The van der Waals surface area contributed by atoms with Crippen molar-refractivity contribution in [1.29, 1.82) is 0 Å². The molecule has 0 saturated heterocycles. The number of benzene rings is 1. The average Bonchev–Trinajstić information content (AvgIpc) is 3.07. The fraction of sp³-hybridized carbons (Fsp3) is 0.133. The third-order valence-electron chi connectivity index (χ3n) is 2.89. The van der Waals surface area contributed by atoms with Crippen LogP contribution in [0.2, 0.25) is 0 Å². The molecule has 0 unspecified atom stereocenters. The van der Waals surface area contributed by atoms with Crippen molar-refractivity contribution in [3.8, 4) is 0 Å². The lowest BCUT2D eigenvalue weighted by Gasteiger charge is -2.01. The van der Waals surface area contributed by atoms with Gasteiger partial charge in [0.05, 0.1) is 11.1 Å². The van der Waals surface area contributed by atoms with Crippen LogP contribution in [-0.2, 0) is 6.42 Å². The van der Waals surface area contributed by atoms with Gasteiger partial charge >= 0.3 is 0 Å². The quantitative estimate of drug-likeness (QED) is 0.789. The molecule has 1 aromatic carbocycles. The van der Waals surface area contributed by atoms with Crippen LogP contribution in [0.15, 0.2) is 53.1 Å². The molecule has 1 amide bonds. The van der Waals surface area contributed by atoms with E-state index in [0.717, 1.165) is 20.7 Å². The second kappa shape index (κ2) is 5.28. The number of amides is 1. The standard InChI is InChI=1S/C15H13NO2S/c17-15(16-8-7-12-5-3-9-18-12)14-10-11-4-1-2-6-13(11)19-14/h1-6,9-10H,7-8H2,(H,16,17). The number of carbonyl (C=O) groups is 1. The van der Waals surface area contributed by atoms with Crippen molar-refractivity contribution in [3.63, 3.8) is 0 Å². The van der Waals surface area contributed by atoms with Gasteiger partial charge in [0.1, 0.15) is 5.76 Å². The van der Waals surface area contributed by atoms with Crippen molar-refractivity contribution < 1.29 is 9.21 Å². The number of fused-ring (bicyclic) bond motifs is 1. The Morgan fingerprint density at radius 2 is 2.11 bits per heavy atom. The van der Waals surface area contributed by atoms with Gasteiger partial charge in [-0.05, 0) is 29.7 Å². The largest absolute Gasteiger partial charge is 0.469 e. The molecule has 2 heterocycles. The monoisotopic (exact) mass is 271 g/mol. The summed E-state index contributed by atoms with van der Waals surface area (Å²) in [5, 5.41) is 4.02. The van der Waals surface area contributed by atoms with Crippen LogP contribution in [-0.4, -0.2) is 12.5 Å². The van der Waals surface area contributed by atoms with Crippen LogP contribution < -0.4 is 5.32 Å². The van der Waals surface area contributed by atoms with E-state index in [1.54, 1.807) is 6.26 Å². The molecule has 3 nitrogen and oxygen atoms in total. The Labute approximate surface area is 114 Å². The van der Waals surface area contributed by atoms with Crippen molar-refractivity contribution in [2.75, 3.05) is 6.54 Å². The first-order chi connectivity index (χ1) is 9.33. The zero-order valence-electron chi connectivity index (χ0n) is 10.3. The van der Waals surface area contributed by atoms with Gasteiger partial charge in [-0.25, -0.2) is 0 Å². The van der Waals surface area contributed by atoms with Gasteiger partial charge in [0.25, 0.3) is 5.91 Å². The molecule has 0 aliphatic heterocycles. The van der Waals surface area contributed by atoms with E-state index in [0.29, 0.717) is 13.0 Å². The summed E-state index contributed by atoms with van der Waals surface area (Å²) in [7, 11) is 0. The van der Waals surface area contributed by atoms with Crippen LogP contribution in [0.25, 0.3) is 10.1 Å². The van der Waals surface area contributed by atoms with E-state index in [1.165, 1.54) is 11.3 Å². The fourth-order valence-electron chi connectivity index (χ4n) is 1.93. The minimum Gasteiger partial charge on any atom is -0.469 e. The molecule has 0 spiro atoms. The molecule has 0 fully saturated rings. The third kappa shape index (κ3) is 2.69. The second-order valence-corrected chi connectivity index (χ2v) is 5.32. The summed E-state index contributed by atoms with van der Waals surface area (Å²) in [5.41, 5.74) is 0. The van der Waals surface area contributed by atoms with Crippen molar-refractivity contribution in [3.05, 3.63) is 59.4 Å². The molecule has 0 atom stereocenters. The molecule has 0 saturated carbocycles. The Morgan fingerprint density at radius 1 is 1.21 bits per heavy atom. The Kier molecular flexibility index (Phi) is 3.33. The van der Waals surface area contributed by atoms with Crippen LogP contribution in [0.1, 0.15) is 15.4 Å². The molecule has 3 rings (SSSR count). The highest BCUT2D eigenvalue weighted by Crippen LogP contribution is 2.24. The van der Waals surface area contributed by atoms with Crippen molar-refractivity contribution in [1.82, 2.24) is 5.32 Å². The Morgan fingerprint density at radius 3 is 2.89 bits per heavy atom. The SMILES string of the molecule is O=C(NCCc1ccco1)c1cc2ccccc2s1. The van der Waals surface area contributed by atoms with Crippen LogP contribution in [0.5, 0.6) is 0 Å². The van der Waals surface area contributed by atoms with E-state index in [-0.39, 0.29) is 5.91 Å². The van der Waals surface area contributed by atoms with Gasteiger partial charge in [-0.1, -0.05) is 18.2 Å². The summed E-state index contributed by atoms with van der Waals surface area (Å²) < 4.78 is 6.36. The Bertz CT molecular complexity index is 652.